The lowest BCUT2D eigenvalue weighted by molar-refractivity contribution is -0.384. The first-order chi connectivity index (χ1) is 19.1. The van der Waals surface area contributed by atoms with Crippen molar-refractivity contribution in [1.29, 1.82) is 0 Å². The molecule has 0 bridgehead atoms. The maximum Gasteiger partial charge on any atom is 0.338 e. The molecule has 1 atom stereocenters. The molecule has 2 aromatic carbocycles. The quantitative estimate of drug-likeness (QED) is 0.187. The van der Waals surface area contributed by atoms with Crippen LogP contribution in [-0.4, -0.2) is 26.6 Å². The van der Waals surface area contributed by atoms with Crippen LogP contribution in [-0.2, 0) is 9.53 Å². The van der Waals surface area contributed by atoms with Crippen LogP contribution in [0, 0.1) is 24.0 Å². The van der Waals surface area contributed by atoms with Gasteiger partial charge in [0.15, 0.2) is 4.80 Å². The van der Waals surface area contributed by atoms with E-state index in [-0.39, 0.29) is 17.9 Å². The Kier molecular flexibility index (Phi) is 7.31. The van der Waals surface area contributed by atoms with Gasteiger partial charge in [-0.15, -0.1) is 0 Å². The Morgan fingerprint density at radius 3 is 2.45 bits per heavy atom. The molecule has 9 nitrogen and oxygen atoms in total. The summed E-state index contributed by atoms with van der Waals surface area (Å²) >= 11 is 7.37. The predicted molar refractivity (Wildman–Crippen MR) is 154 cm³/mol. The zero-order valence-corrected chi connectivity index (χ0v) is 23.7. The van der Waals surface area contributed by atoms with E-state index in [0.717, 1.165) is 22.6 Å². The lowest BCUT2D eigenvalue weighted by Crippen LogP contribution is -2.39. The molecule has 0 saturated heterocycles. The van der Waals surface area contributed by atoms with Gasteiger partial charge in [-0.05, 0) is 75.2 Å². The van der Waals surface area contributed by atoms with E-state index in [2.05, 4.69) is 4.99 Å². The minimum absolute atomic E-state index is 0.0141. The molecule has 204 valence electrons. The first-order valence-corrected chi connectivity index (χ1v) is 13.7. The van der Waals surface area contributed by atoms with Crippen LogP contribution in [0.3, 0.4) is 0 Å². The van der Waals surface area contributed by atoms with Gasteiger partial charge in [0.25, 0.3) is 11.2 Å². The molecule has 40 heavy (non-hydrogen) atoms. The highest BCUT2D eigenvalue weighted by atomic mass is 35.5. The lowest BCUT2D eigenvalue weighted by atomic mass is 9.96. The highest BCUT2D eigenvalue weighted by molar-refractivity contribution is 7.07. The number of benzene rings is 2. The fraction of sp³-hybridized carbons (Fsp3) is 0.207. The van der Waals surface area contributed by atoms with E-state index in [1.807, 2.05) is 30.6 Å². The molecule has 1 unspecified atom stereocenters. The van der Waals surface area contributed by atoms with Crippen molar-refractivity contribution < 1.29 is 14.5 Å². The summed E-state index contributed by atoms with van der Waals surface area (Å²) in [5, 5.41) is 11.6. The van der Waals surface area contributed by atoms with Gasteiger partial charge in [0.2, 0.25) is 0 Å². The summed E-state index contributed by atoms with van der Waals surface area (Å²) < 4.78 is 9.31. The van der Waals surface area contributed by atoms with Crippen LogP contribution in [0.1, 0.15) is 42.4 Å². The van der Waals surface area contributed by atoms with E-state index in [1.165, 1.54) is 28.0 Å². The van der Waals surface area contributed by atoms with Gasteiger partial charge in [-0.25, -0.2) is 9.79 Å². The summed E-state index contributed by atoms with van der Waals surface area (Å²) in [4.78, 5) is 42.6. The van der Waals surface area contributed by atoms with E-state index >= 15 is 0 Å². The molecule has 0 N–H and O–H groups in total. The third kappa shape index (κ3) is 4.80. The number of carbonyl (C=O) groups is 1. The van der Waals surface area contributed by atoms with Crippen LogP contribution in [0.5, 0.6) is 0 Å². The molecule has 2 aromatic heterocycles. The average molecular weight is 577 g/mol. The fourth-order valence-electron chi connectivity index (χ4n) is 4.95. The number of allylic oxidation sites excluding steroid dienone is 1. The number of halogens is 1. The van der Waals surface area contributed by atoms with Crippen molar-refractivity contribution in [3.05, 3.63) is 123 Å². The normalized spacial score (nSPS) is 15.1. The Labute approximate surface area is 238 Å². The maximum absolute atomic E-state index is 13.9. The van der Waals surface area contributed by atoms with E-state index < -0.39 is 16.9 Å². The minimum atomic E-state index is -0.720. The minimum Gasteiger partial charge on any atom is -0.463 e. The summed E-state index contributed by atoms with van der Waals surface area (Å²) in [6, 6.07) is 14.6. The molecule has 0 aliphatic carbocycles. The van der Waals surface area contributed by atoms with Gasteiger partial charge >= 0.3 is 5.97 Å². The number of hydrogen-bond acceptors (Lipinski definition) is 7. The van der Waals surface area contributed by atoms with Crippen LogP contribution in [0.4, 0.5) is 5.69 Å². The number of aromatic nitrogens is 2. The van der Waals surface area contributed by atoms with E-state index in [1.54, 1.807) is 50.2 Å². The van der Waals surface area contributed by atoms with Crippen LogP contribution >= 0.6 is 22.9 Å². The number of nitrogens with zero attached hydrogens (tertiary/aromatic N) is 4. The van der Waals surface area contributed by atoms with Crippen molar-refractivity contribution in [2.45, 2.75) is 33.7 Å². The number of hydrogen-bond donors (Lipinski definition) is 0. The third-order valence-corrected chi connectivity index (χ3v) is 8.01. The van der Waals surface area contributed by atoms with Gasteiger partial charge < -0.3 is 9.30 Å². The largest absolute Gasteiger partial charge is 0.463 e. The Morgan fingerprint density at radius 2 is 1.82 bits per heavy atom. The number of carbonyl (C=O) groups excluding carboxylic acids is 1. The smallest absolute Gasteiger partial charge is 0.338 e. The number of aryl methyl sites for hydroxylation is 1. The number of thiazole rings is 1. The summed E-state index contributed by atoms with van der Waals surface area (Å²) in [6.45, 7) is 7.52. The molecular weight excluding hydrogens is 552 g/mol. The van der Waals surface area contributed by atoms with E-state index in [4.69, 9.17) is 16.3 Å². The summed E-state index contributed by atoms with van der Waals surface area (Å²) in [7, 11) is 0. The van der Waals surface area contributed by atoms with Crippen molar-refractivity contribution >= 4 is 40.7 Å². The highest BCUT2D eigenvalue weighted by Crippen LogP contribution is 2.31. The predicted octanol–water partition coefficient (Wildman–Crippen LogP) is 4.77. The fourth-order valence-corrected chi connectivity index (χ4v) is 6.11. The second-order valence-electron chi connectivity index (χ2n) is 9.29. The molecular formula is C29H25ClN4O5S. The number of esters is 1. The van der Waals surface area contributed by atoms with E-state index in [9.17, 15) is 19.7 Å². The molecule has 1 aliphatic heterocycles. The molecule has 0 amide bonds. The number of fused-ring (bicyclic) bond motifs is 1. The highest BCUT2D eigenvalue weighted by Gasteiger charge is 2.33. The molecule has 11 heteroatoms. The van der Waals surface area contributed by atoms with Crippen LogP contribution in [0.25, 0.3) is 11.8 Å². The van der Waals surface area contributed by atoms with Gasteiger partial charge in [-0.1, -0.05) is 35.1 Å². The van der Waals surface area contributed by atoms with Gasteiger partial charge in [-0.3, -0.25) is 19.5 Å². The van der Waals surface area contributed by atoms with Gasteiger partial charge in [0.1, 0.15) is 0 Å². The van der Waals surface area contributed by atoms with Gasteiger partial charge in [0, 0.05) is 34.2 Å². The van der Waals surface area contributed by atoms with Gasteiger partial charge in [0.05, 0.1) is 33.4 Å². The van der Waals surface area contributed by atoms with Crippen LogP contribution in [0.15, 0.2) is 75.7 Å². The first-order valence-electron chi connectivity index (χ1n) is 12.5. The SMILES string of the molecule is CCOC(=O)C1=C(C)N=c2s/c(=C/c3cc(C)n(-c4ccc([N+](=O)[O-])cc4)c3C)c(=O)n2C1c1ccc(Cl)cc1. The van der Waals surface area contributed by atoms with Gasteiger partial charge in [-0.2, -0.15) is 0 Å². The van der Waals surface area contributed by atoms with Crippen LogP contribution < -0.4 is 14.9 Å². The Morgan fingerprint density at radius 1 is 1.15 bits per heavy atom. The van der Waals surface area contributed by atoms with E-state index in [0.29, 0.717) is 31.2 Å². The second-order valence-corrected chi connectivity index (χ2v) is 10.7. The number of nitro benzene ring substituents is 1. The number of nitro groups is 1. The summed E-state index contributed by atoms with van der Waals surface area (Å²) in [6.07, 6.45) is 1.82. The van der Waals surface area contributed by atoms with Crippen LogP contribution in [0.2, 0.25) is 5.02 Å². The molecule has 0 saturated carbocycles. The maximum atomic E-state index is 13.9. The Bertz CT molecular complexity index is 1870. The summed E-state index contributed by atoms with van der Waals surface area (Å²) in [5.74, 6) is -0.523. The topological polar surface area (TPSA) is 109 Å². The monoisotopic (exact) mass is 576 g/mol. The number of rotatable bonds is 6. The molecule has 1 aliphatic rings. The second kappa shape index (κ2) is 10.7. The zero-order chi connectivity index (χ0) is 28.7. The van der Waals surface area contributed by atoms with Crippen molar-refractivity contribution in [2.75, 3.05) is 6.61 Å². The standard InChI is InChI=1S/C29H25ClN4O5S/c1-5-39-28(36)25-17(3)31-29-33(26(25)19-6-8-21(30)9-7-19)27(35)24(40-29)15-20-14-16(2)32(18(20)4)22-10-12-23(13-11-22)34(37)38/h6-15,26H,5H2,1-4H3/b24-15+. The molecule has 0 fully saturated rings. The molecule has 0 radical (unpaired) electrons. The molecule has 0 spiro atoms. The molecule has 4 aromatic rings. The third-order valence-electron chi connectivity index (χ3n) is 6.78. The zero-order valence-electron chi connectivity index (χ0n) is 22.2. The first kappa shape index (κ1) is 27.3. The number of ether oxygens (including phenoxy) is 1. The molecule has 5 rings (SSSR count). The van der Waals surface area contributed by atoms with Crippen molar-refractivity contribution in [3.8, 4) is 5.69 Å². The summed E-state index contributed by atoms with van der Waals surface area (Å²) in [5.41, 5.74) is 4.62. The molecule has 3 heterocycles. The lowest BCUT2D eigenvalue weighted by Gasteiger charge is -2.24. The van der Waals surface area contributed by atoms with Crippen molar-refractivity contribution in [3.63, 3.8) is 0 Å². The number of non-ortho nitro benzene ring substituents is 1. The Balaban J connectivity index is 1.66. The Hall–Kier alpha value is -4.28. The van der Waals surface area contributed by atoms with Crippen molar-refractivity contribution in [1.82, 2.24) is 9.13 Å². The van der Waals surface area contributed by atoms with Crippen molar-refractivity contribution in [2.24, 2.45) is 4.99 Å². The average Bonchev–Trinajstić information content (AvgIpc) is 3.37.